The largest absolute Gasteiger partial charge is 0.350 e. The maximum Gasteiger partial charge on any atom is 0.234 e. The van der Waals surface area contributed by atoms with Gasteiger partial charge in [0.1, 0.15) is 0 Å². The molecule has 1 aromatic rings. The maximum atomic E-state index is 11.9. The molecule has 0 aliphatic rings. The van der Waals surface area contributed by atoms with Crippen molar-refractivity contribution in [2.24, 2.45) is 0 Å². The molecule has 19 heavy (non-hydrogen) atoms. The lowest BCUT2D eigenvalue weighted by atomic mass is 10.1. The van der Waals surface area contributed by atoms with Crippen LogP contribution in [0.1, 0.15) is 39.3 Å². The van der Waals surface area contributed by atoms with Gasteiger partial charge in [-0.05, 0) is 46.4 Å². The molecule has 0 fully saturated rings. The van der Waals surface area contributed by atoms with Crippen LogP contribution in [0.25, 0.3) is 0 Å². The molecule has 0 bridgehead atoms. The molecular formula is C15H23ClN2O. The van der Waals surface area contributed by atoms with Gasteiger partial charge in [0, 0.05) is 16.6 Å². The summed E-state index contributed by atoms with van der Waals surface area (Å²) in [6.45, 7) is 8.32. The Kier molecular flexibility index (Phi) is 5.39. The average molecular weight is 283 g/mol. The molecule has 1 unspecified atom stereocenters. The number of benzene rings is 1. The quantitative estimate of drug-likeness (QED) is 0.919. The number of rotatable bonds is 4. The number of halogens is 1. The molecule has 1 amide bonds. The molecule has 0 aliphatic heterocycles. The first-order valence-electron chi connectivity index (χ1n) is 6.46. The Morgan fingerprint density at radius 3 is 2.47 bits per heavy atom. The predicted molar refractivity (Wildman–Crippen MR) is 80.4 cm³/mol. The normalized spacial score (nSPS) is 13.4. The zero-order chi connectivity index (χ0) is 14.6. The summed E-state index contributed by atoms with van der Waals surface area (Å²) in [6.07, 6.45) is 0. The zero-order valence-electron chi connectivity index (χ0n) is 12.3. The van der Waals surface area contributed by atoms with E-state index in [4.69, 9.17) is 11.6 Å². The fourth-order valence-electron chi connectivity index (χ4n) is 1.87. The Morgan fingerprint density at radius 2 is 1.95 bits per heavy atom. The molecule has 106 valence electrons. The van der Waals surface area contributed by atoms with Crippen LogP contribution in [-0.2, 0) is 4.79 Å². The summed E-state index contributed by atoms with van der Waals surface area (Å²) in [4.78, 5) is 13.9. The van der Waals surface area contributed by atoms with Gasteiger partial charge < -0.3 is 5.32 Å². The van der Waals surface area contributed by atoms with Crippen LogP contribution in [-0.4, -0.2) is 29.9 Å². The molecule has 1 atom stereocenters. The van der Waals surface area contributed by atoms with E-state index in [1.807, 2.05) is 63.9 Å². The van der Waals surface area contributed by atoms with Gasteiger partial charge in [-0.1, -0.05) is 29.8 Å². The van der Waals surface area contributed by atoms with E-state index in [2.05, 4.69) is 5.32 Å². The molecule has 1 aromatic carbocycles. The first kappa shape index (κ1) is 16.0. The number of carbonyl (C=O) groups is 1. The van der Waals surface area contributed by atoms with Crippen LogP contribution in [0.15, 0.2) is 24.3 Å². The summed E-state index contributed by atoms with van der Waals surface area (Å²) in [5.74, 6) is 0.0221. The molecule has 4 heteroatoms. The fraction of sp³-hybridized carbons (Fsp3) is 0.533. The summed E-state index contributed by atoms with van der Waals surface area (Å²) in [5, 5.41) is 3.69. The zero-order valence-corrected chi connectivity index (χ0v) is 13.1. The van der Waals surface area contributed by atoms with Gasteiger partial charge in [0.05, 0.1) is 6.54 Å². The van der Waals surface area contributed by atoms with Crippen LogP contribution < -0.4 is 5.32 Å². The molecule has 0 heterocycles. The van der Waals surface area contributed by atoms with E-state index < -0.39 is 0 Å². The van der Waals surface area contributed by atoms with Crippen molar-refractivity contribution in [3.63, 3.8) is 0 Å². The van der Waals surface area contributed by atoms with E-state index in [9.17, 15) is 4.79 Å². The molecule has 0 saturated heterocycles. The third-order valence-electron chi connectivity index (χ3n) is 2.92. The molecule has 0 aromatic heterocycles. The molecule has 3 nitrogen and oxygen atoms in total. The van der Waals surface area contributed by atoms with E-state index in [1.54, 1.807) is 0 Å². The first-order valence-corrected chi connectivity index (χ1v) is 6.84. The lowest BCUT2D eigenvalue weighted by Crippen LogP contribution is -2.45. The minimum absolute atomic E-state index is 0.0221. The first-order chi connectivity index (χ1) is 8.70. The van der Waals surface area contributed by atoms with E-state index in [0.717, 1.165) is 10.6 Å². The smallest absolute Gasteiger partial charge is 0.234 e. The third-order valence-corrected chi connectivity index (χ3v) is 3.27. The highest BCUT2D eigenvalue weighted by Crippen LogP contribution is 2.25. The summed E-state index contributed by atoms with van der Waals surface area (Å²) in [6, 6.07) is 7.83. The van der Waals surface area contributed by atoms with Crippen LogP contribution in [0.2, 0.25) is 5.02 Å². The lowest BCUT2D eigenvalue weighted by Gasteiger charge is -2.27. The number of amides is 1. The van der Waals surface area contributed by atoms with Crippen molar-refractivity contribution in [3.05, 3.63) is 34.9 Å². The molecular weight excluding hydrogens is 260 g/mol. The van der Waals surface area contributed by atoms with Crippen molar-refractivity contribution in [1.29, 1.82) is 0 Å². The number of nitrogens with zero attached hydrogens (tertiary/aromatic N) is 1. The van der Waals surface area contributed by atoms with Crippen LogP contribution >= 0.6 is 11.6 Å². The van der Waals surface area contributed by atoms with E-state index in [0.29, 0.717) is 6.54 Å². The van der Waals surface area contributed by atoms with Gasteiger partial charge in [0.25, 0.3) is 0 Å². The minimum Gasteiger partial charge on any atom is -0.350 e. The topological polar surface area (TPSA) is 32.3 Å². The highest BCUT2D eigenvalue weighted by Gasteiger charge is 2.19. The number of carbonyl (C=O) groups excluding carboxylic acids is 1. The molecule has 0 aliphatic carbocycles. The van der Waals surface area contributed by atoms with Gasteiger partial charge in [-0.15, -0.1) is 0 Å². The van der Waals surface area contributed by atoms with Gasteiger partial charge in [-0.3, -0.25) is 9.69 Å². The van der Waals surface area contributed by atoms with Crippen LogP contribution in [0.3, 0.4) is 0 Å². The Labute approximate surface area is 120 Å². The number of hydrogen-bond acceptors (Lipinski definition) is 2. The van der Waals surface area contributed by atoms with Crippen molar-refractivity contribution < 1.29 is 4.79 Å². The van der Waals surface area contributed by atoms with E-state index in [-0.39, 0.29) is 17.5 Å². The second kappa shape index (κ2) is 6.40. The average Bonchev–Trinajstić information content (AvgIpc) is 2.26. The van der Waals surface area contributed by atoms with E-state index >= 15 is 0 Å². The van der Waals surface area contributed by atoms with Gasteiger partial charge >= 0.3 is 0 Å². The molecule has 1 rings (SSSR count). The summed E-state index contributed by atoms with van der Waals surface area (Å²) < 4.78 is 0. The molecule has 0 radical (unpaired) electrons. The summed E-state index contributed by atoms with van der Waals surface area (Å²) >= 11 is 6.18. The second-order valence-corrected chi connectivity index (χ2v) is 6.32. The number of nitrogens with one attached hydrogen (secondary N) is 1. The maximum absolute atomic E-state index is 11.9. The van der Waals surface area contributed by atoms with Crippen LogP contribution in [0, 0.1) is 0 Å². The standard InChI is InChI=1S/C15H23ClN2O/c1-11(12-8-6-7-9-13(12)16)18(5)10-14(19)17-15(2,3)4/h6-9,11H,10H2,1-5H3,(H,17,19). The predicted octanol–water partition coefficient (Wildman–Crippen LogP) is 3.25. The van der Waals surface area contributed by atoms with Crippen molar-refractivity contribution >= 4 is 17.5 Å². The highest BCUT2D eigenvalue weighted by molar-refractivity contribution is 6.31. The molecule has 0 saturated carbocycles. The van der Waals surface area contributed by atoms with Gasteiger partial charge in [0.2, 0.25) is 5.91 Å². The second-order valence-electron chi connectivity index (χ2n) is 5.91. The Bertz CT molecular complexity index is 440. The minimum atomic E-state index is -0.203. The monoisotopic (exact) mass is 282 g/mol. The summed E-state index contributed by atoms with van der Waals surface area (Å²) in [7, 11) is 1.93. The van der Waals surface area contributed by atoms with Crippen LogP contribution in [0.5, 0.6) is 0 Å². The number of hydrogen-bond donors (Lipinski definition) is 1. The van der Waals surface area contributed by atoms with Crippen molar-refractivity contribution in [1.82, 2.24) is 10.2 Å². The Balaban J connectivity index is 2.66. The fourth-order valence-corrected chi connectivity index (χ4v) is 2.17. The van der Waals surface area contributed by atoms with Gasteiger partial charge in [-0.25, -0.2) is 0 Å². The van der Waals surface area contributed by atoms with Gasteiger partial charge in [-0.2, -0.15) is 0 Å². The molecule has 1 N–H and O–H groups in total. The Morgan fingerprint density at radius 1 is 1.37 bits per heavy atom. The SMILES string of the molecule is CC(c1ccccc1Cl)N(C)CC(=O)NC(C)(C)C. The Hall–Kier alpha value is -1.06. The highest BCUT2D eigenvalue weighted by atomic mass is 35.5. The van der Waals surface area contributed by atoms with Crippen molar-refractivity contribution in [2.75, 3.05) is 13.6 Å². The lowest BCUT2D eigenvalue weighted by molar-refractivity contribution is -0.123. The number of likely N-dealkylation sites (N-methyl/N-ethyl adjacent to an activating group) is 1. The molecule has 0 spiro atoms. The van der Waals surface area contributed by atoms with Crippen molar-refractivity contribution in [3.8, 4) is 0 Å². The van der Waals surface area contributed by atoms with Crippen molar-refractivity contribution in [2.45, 2.75) is 39.3 Å². The van der Waals surface area contributed by atoms with Gasteiger partial charge in [0.15, 0.2) is 0 Å². The third kappa shape index (κ3) is 5.21. The van der Waals surface area contributed by atoms with Crippen LogP contribution in [0.4, 0.5) is 0 Å². The van der Waals surface area contributed by atoms with E-state index in [1.165, 1.54) is 0 Å². The summed E-state index contributed by atoms with van der Waals surface area (Å²) in [5.41, 5.74) is 0.834.